The number of nitrogens with zero attached hydrogens (tertiary/aromatic N) is 5. The summed E-state index contributed by atoms with van der Waals surface area (Å²) in [6, 6.07) is 8.82. The van der Waals surface area contributed by atoms with E-state index in [1.807, 2.05) is 11.8 Å². The summed E-state index contributed by atoms with van der Waals surface area (Å²) in [4.78, 5) is 18.9. The number of halogens is 3. The molecule has 1 amide bonds. The Labute approximate surface area is 216 Å². The van der Waals surface area contributed by atoms with Crippen molar-refractivity contribution >= 4 is 17.2 Å². The molecule has 3 heterocycles. The monoisotopic (exact) mass is 520 g/mol. The van der Waals surface area contributed by atoms with E-state index < -0.39 is 17.6 Å². The number of fused-ring (bicyclic) bond motifs is 1. The number of benzene rings is 2. The van der Waals surface area contributed by atoms with Gasteiger partial charge in [0.15, 0.2) is 5.65 Å². The molecule has 0 atom stereocenters. The molecule has 0 saturated carbocycles. The Bertz CT molecular complexity index is 1550. The van der Waals surface area contributed by atoms with Crippen molar-refractivity contribution in [1.82, 2.24) is 24.5 Å². The van der Waals surface area contributed by atoms with Crippen molar-refractivity contribution < 1.29 is 22.7 Å². The van der Waals surface area contributed by atoms with Crippen LogP contribution in [0.1, 0.15) is 38.4 Å². The van der Waals surface area contributed by atoms with Crippen LogP contribution in [-0.2, 0) is 17.5 Å². The van der Waals surface area contributed by atoms with Crippen molar-refractivity contribution in [2.24, 2.45) is 0 Å². The van der Waals surface area contributed by atoms with Gasteiger partial charge in [0.25, 0.3) is 5.91 Å². The van der Waals surface area contributed by atoms with Gasteiger partial charge in [0.2, 0.25) is 5.82 Å². The van der Waals surface area contributed by atoms with E-state index in [-0.39, 0.29) is 23.4 Å². The van der Waals surface area contributed by atoms with Crippen LogP contribution in [0.15, 0.2) is 55.0 Å². The highest BCUT2D eigenvalue weighted by Gasteiger charge is 2.34. The molecular weight excluding hydrogens is 497 g/mol. The minimum absolute atomic E-state index is 0.0600. The quantitative estimate of drug-likeness (QED) is 0.411. The lowest BCUT2D eigenvalue weighted by Crippen LogP contribution is -2.36. The van der Waals surface area contributed by atoms with Crippen LogP contribution in [0.5, 0.6) is 0 Å². The average Bonchev–Trinajstić information content (AvgIpc) is 3.32. The van der Waals surface area contributed by atoms with Crippen LogP contribution in [0.2, 0.25) is 0 Å². The first-order valence-electron chi connectivity index (χ1n) is 11.9. The standard InChI is InChI=1S/C27H23F3N6O2/c1-18-2-3-20(14-19(18)5-7-24-33-34-25-16-31-8-9-36(24)25)26(37)32-22-6-4-21(23(15-22)27(28,29)30)17-35-10-12-38-13-11-35/h2-4,6,8-9,14-16H,10-13,17H2,1H3,(H,32,37). The molecule has 0 unspecified atom stereocenters. The zero-order valence-corrected chi connectivity index (χ0v) is 20.4. The van der Waals surface area contributed by atoms with E-state index in [4.69, 9.17) is 4.74 Å². The number of aromatic nitrogens is 4. The number of hydrogen-bond donors (Lipinski definition) is 1. The van der Waals surface area contributed by atoms with Crippen molar-refractivity contribution in [1.29, 1.82) is 0 Å². The molecule has 0 aliphatic carbocycles. The topological polar surface area (TPSA) is 84.7 Å². The van der Waals surface area contributed by atoms with Crippen molar-refractivity contribution in [3.05, 3.63) is 88.6 Å². The first kappa shape index (κ1) is 25.4. The van der Waals surface area contributed by atoms with E-state index in [1.54, 1.807) is 41.2 Å². The van der Waals surface area contributed by atoms with Crippen LogP contribution in [0.3, 0.4) is 0 Å². The predicted molar refractivity (Wildman–Crippen MR) is 133 cm³/mol. The molecule has 0 radical (unpaired) electrons. The first-order chi connectivity index (χ1) is 18.3. The molecule has 5 rings (SSSR count). The number of carbonyl (C=O) groups is 1. The molecule has 8 nitrogen and oxygen atoms in total. The van der Waals surface area contributed by atoms with Crippen molar-refractivity contribution in [2.75, 3.05) is 31.6 Å². The predicted octanol–water partition coefficient (Wildman–Crippen LogP) is 3.94. The number of nitrogens with one attached hydrogen (secondary N) is 1. The molecule has 38 heavy (non-hydrogen) atoms. The normalized spacial score (nSPS) is 14.2. The second-order valence-corrected chi connectivity index (χ2v) is 8.82. The molecule has 11 heteroatoms. The van der Waals surface area contributed by atoms with Crippen LogP contribution < -0.4 is 5.32 Å². The summed E-state index contributed by atoms with van der Waals surface area (Å²) in [7, 11) is 0. The summed E-state index contributed by atoms with van der Waals surface area (Å²) in [6.45, 7) is 4.12. The average molecular weight is 521 g/mol. The zero-order chi connectivity index (χ0) is 26.7. The van der Waals surface area contributed by atoms with Gasteiger partial charge in [-0.1, -0.05) is 18.1 Å². The highest BCUT2D eigenvalue weighted by Crippen LogP contribution is 2.34. The number of anilines is 1. The molecule has 0 bridgehead atoms. The number of ether oxygens (including phenoxy) is 1. The number of rotatable bonds is 4. The van der Waals surface area contributed by atoms with Gasteiger partial charge < -0.3 is 10.1 Å². The largest absolute Gasteiger partial charge is 0.416 e. The molecule has 1 saturated heterocycles. The fourth-order valence-electron chi connectivity index (χ4n) is 4.12. The third-order valence-electron chi connectivity index (χ3n) is 6.19. The molecule has 194 valence electrons. The molecule has 4 aromatic rings. The Morgan fingerprint density at radius 1 is 1.11 bits per heavy atom. The van der Waals surface area contributed by atoms with E-state index in [0.717, 1.165) is 11.6 Å². The van der Waals surface area contributed by atoms with Gasteiger partial charge >= 0.3 is 6.18 Å². The molecule has 1 aliphatic rings. The summed E-state index contributed by atoms with van der Waals surface area (Å²) in [6.07, 6.45) is 0.291. The van der Waals surface area contributed by atoms with E-state index >= 15 is 0 Å². The molecular formula is C27H23F3N6O2. The van der Waals surface area contributed by atoms with Crippen LogP contribution in [0, 0.1) is 18.8 Å². The number of amides is 1. The van der Waals surface area contributed by atoms with E-state index in [2.05, 4.69) is 32.3 Å². The van der Waals surface area contributed by atoms with Crippen molar-refractivity contribution in [2.45, 2.75) is 19.6 Å². The fraction of sp³-hybridized carbons (Fsp3) is 0.259. The summed E-state index contributed by atoms with van der Waals surface area (Å²) < 4.78 is 48.5. The van der Waals surface area contributed by atoms with E-state index in [1.165, 1.54) is 12.1 Å². The molecule has 1 fully saturated rings. The van der Waals surface area contributed by atoms with Gasteiger partial charge in [-0.25, -0.2) is 0 Å². The first-order valence-corrected chi connectivity index (χ1v) is 11.9. The maximum atomic E-state index is 13.9. The fourth-order valence-corrected chi connectivity index (χ4v) is 4.12. The van der Waals surface area contributed by atoms with Crippen LogP contribution in [0.25, 0.3) is 5.65 Å². The smallest absolute Gasteiger partial charge is 0.379 e. The van der Waals surface area contributed by atoms with Gasteiger partial charge in [-0.15, -0.1) is 10.2 Å². The molecule has 1 N–H and O–H groups in total. The van der Waals surface area contributed by atoms with Crippen LogP contribution in [0.4, 0.5) is 18.9 Å². The SMILES string of the molecule is Cc1ccc(C(=O)Nc2ccc(CN3CCOCC3)c(C(F)(F)F)c2)cc1C#Cc1nnc2cnccn12. The minimum Gasteiger partial charge on any atom is -0.379 e. The van der Waals surface area contributed by atoms with Crippen molar-refractivity contribution in [3.8, 4) is 11.8 Å². The van der Waals surface area contributed by atoms with Gasteiger partial charge in [0, 0.05) is 48.8 Å². The van der Waals surface area contributed by atoms with Gasteiger partial charge in [-0.2, -0.15) is 13.2 Å². The zero-order valence-electron chi connectivity index (χ0n) is 20.4. The third kappa shape index (κ3) is 5.66. The van der Waals surface area contributed by atoms with Gasteiger partial charge in [0.1, 0.15) is 0 Å². The second kappa shape index (κ2) is 10.6. The van der Waals surface area contributed by atoms with Gasteiger partial charge in [0.05, 0.1) is 25.0 Å². The number of hydrogen-bond acceptors (Lipinski definition) is 6. The van der Waals surface area contributed by atoms with Crippen molar-refractivity contribution in [3.63, 3.8) is 0 Å². The molecule has 0 spiro atoms. The number of morpholine rings is 1. The second-order valence-electron chi connectivity index (χ2n) is 8.82. The van der Waals surface area contributed by atoms with Gasteiger partial charge in [-0.05, 0) is 48.2 Å². The Kier molecular flexibility index (Phi) is 7.09. The minimum atomic E-state index is -4.56. The van der Waals surface area contributed by atoms with E-state index in [9.17, 15) is 18.0 Å². The Morgan fingerprint density at radius 3 is 2.71 bits per heavy atom. The van der Waals surface area contributed by atoms with E-state index in [0.29, 0.717) is 43.3 Å². The Morgan fingerprint density at radius 2 is 1.92 bits per heavy atom. The molecule has 2 aromatic carbocycles. The summed E-state index contributed by atoms with van der Waals surface area (Å²) in [5, 5.41) is 10.6. The lowest BCUT2D eigenvalue weighted by molar-refractivity contribution is -0.138. The highest BCUT2D eigenvalue weighted by atomic mass is 19.4. The lowest BCUT2D eigenvalue weighted by Gasteiger charge is -2.27. The van der Waals surface area contributed by atoms with Gasteiger partial charge in [-0.3, -0.25) is 19.1 Å². The number of alkyl halides is 3. The number of carbonyl (C=O) groups excluding carboxylic acids is 1. The Hall–Kier alpha value is -4.27. The lowest BCUT2D eigenvalue weighted by atomic mass is 10.0. The Balaban J connectivity index is 1.36. The molecule has 1 aliphatic heterocycles. The van der Waals surface area contributed by atoms with Crippen LogP contribution >= 0.6 is 0 Å². The molecule has 2 aromatic heterocycles. The third-order valence-corrected chi connectivity index (χ3v) is 6.19. The summed E-state index contributed by atoms with van der Waals surface area (Å²) in [5.74, 6) is 5.82. The maximum absolute atomic E-state index is 13.9. The summed E-state index contributed by atoms with van der Waals surface area (Å²) in [5.41, 5.74) is 1.67. The number of aryl methyl sites for hydroxylation is 1. The maximum Gasteiger partial charge on any atom is 0.416 e. The van der Waals surface area contributed by atoms with Crippen LogP contribution in [-0.4, -0.2) is 56.7 Å². The highest BCUT2D eigenvalue weighted by molar-refractivity contribution is 6.04. The summed E-state index contributed by atoms with van der Waals surface area (Å²) >= 11 is 0.